The summed E-state index contributed by atoms with van der Waals surface area (Å²) in [5.74, 6) is 0.158. The van der Waals surface area contributed by atoms with Crippen molar-refractivity contribution < 1.29 is 14.3 Å². The van der Waals surface area contributed by atoms with Crippen LogP contribution in [0.4, 0.5) is 0 Å². The van der Waals surface area contributed by atoms with Crippen LogP contribution in [0, 0.1) is 5.41 Å². The zero-order valence-electron chi connectivity index (χ0n) is 15.0. The molecular formula is C20H26N2O3S. The summed E-state index contributed by atoms with van der Waals surface area (Å²) < 4.78 is 12.3. The average Bonchev–Trinajstić information content (AvgIpc) is 3.09. The van der Waals surface area contributed by atoms with Crippen LogP contribution in [0.3, 0.4) is 0 Å². The number of aromatic nitrogens is 1. The first-order valence-electron chi connectivity index (χ1n) is 9.57. The van der Waals surface area contributed by atoms with Crippen LogP contribution in [-0.4, -0.2) is 43.4 Å². The number of hydrogen-bond donors (Lipinski definition) is 1. The molecule has 0 spiro atoms. The molecule has 2 aromatic rings. The third-order valence-electron chi connectivity index (χ3n) is 5.50. The number of carbonyl (C=O) groups is 1. The molecule has 1 N–H and O–H groups in total. The number of hydrogen-bond acceptors (Lipinski definition) is 5. The number of amides is 1. The van der Waals surface area contributed by atoms with E-state index in [-0.39, 0.29) is 17.4 Å². The second-order valence-corrected chi connectivity index (χ2v) is 8.49. The van der Waals surface area contributed by atoms with Crippen molar-refractivity contribution in [1.29, 1.82) is 0 Å². The van der Waals surface area contributed by atoms with Crippen LogP contribution in [0.2, 0.25) is 0 Å². The lowest BCUT2D eigenvalue weighted by Gasteiger charge is -2.36. The number of para-hydroxylation sites is 1. The van der Waals surface area contributed by atoms with Gasteiger partial charge in [0.2, 0.25) is 5.91 Å². The first-order chi connectivity index (χ1) is 12.8. The molecule has 2 aliphatic rings. The van der Waals surface area contributed by atoms with Crippen molar-refractivity contribution in [2.45, 2.75) is 44.6 Å². The Morgan fingerprint density at radius 3 is 2.85 bits per heavy atom. The van der Waals surface area contributed by atoms with Crippen molar-refractivity contribution in [3.05, 3.63) is 29.3 Å². The van der Waals surface area contributed by atoms with Crippen molar-refractivity contribution in [3.63, 3.8) is 0 Å². The van der Waals surface area contributed by atoms with E-state index in [0.29, 0.717) is 26.4 Å². The zero-order chi connectivity index (χ0) is 17.8. The van der Waals surface area contributed by atoms with Crippen LogP contribution in [0.1, 0.15) is 37.1 Å². The summed E-state index contributed by atoms with van der Waals surface area (Å²) in [6, 6.07) is 8.20. The lowest BCUT2D eigenvalue weighted by atomic mass is 9.71. The lowest BCUT2D eigenvalue weighted by molar-refractivity contribution is -0.135. The van der Waals surface area contributed by atoms with Crippen molar-refractivity contribution >= 4 is 27.5 Å². The molecule has 2 fully saturated rings. The zero-order valence-corrected chi connectivity index (χ0v) is 15.9. The maximum Gasteiger partial charge on any atom is 0.226 e. The molecule has 6 heteroatoms. The van der Waals surface area contributed by atoms with Crippen molar-refractivity contribution in [1.82, 2.24) is 10.3 Å². The van der Waals surface area contributed by atoms with Gasteiger partial charge in [-0.15, -0.1) is 11.3 Å². The highest BCUT2D eigenvalue weighted by Crippen LogP contribution is 2.41. The maximum absolute atomic E-state index is 13.2. The van der Waals surface area contributed by atoms with Gasteiger partial charge in [-0.1, -0.05) is 31.4 Å². The molecule has 1 saturated heterocycles. The van der Waals surface area contributed by atoms with Gasteiger partial charge < -0.3 is 14.8 Å². The van der Waals surface area contributed by atoms with E-state index in [1.807, 2.05) is 18.2 Å². The first-order valence-corrected chi connectivity index (χ1v) is 10.4. The van der Waals surface area contributed by atoms with E-state index in [1.54, 1.807) is 11.3 Å². The van der Waals surface area contributed by atoms with Gasteiger partial charge in [0, 0.05) is 13.0 Å². The largest absolute Gasteiger partial charge is 0.376 e. The van der Waals surface area contributed by atoms with Crippen LogP contribution < -0.4 is 5.32 Å². The highest BCUT2D eigenvalue weighted by Gasteiger charge is 2.40. The lowest BCUT2D eigenvalue weighted by Crippen LogP contribution is -2.48. The number of benzene rings is 1. The van der Waals surface area contributed by atoms with Crippen molar-refractivity contribution in [2.24, 2.45) is 5.41 Å². The molecule has 1 saturated carbocycles. The molecule has 1 aromatic carbocycles. The normalized spacial score (nSPS) is 23.0. The Bertz CT molecular complexity index is 715. The van der Waals surface area contributed by atoms with Crippen LogP contribution >= 0.6 is 11.3 Å². The predicted molar refractivity (Wildman–Crippen MR) is 102 cm³/mol. The molecular weight excluding hydrogens is 348 g/mol. The molecule has 1 aliphatic heterocycles. The second kappa shape index (κ2) is 8.03. The Labute approximate surface area is 158 Å². The van der Waals surface area contributed by atoms with Gasteiger partial charge in [-0.2, -0.15) is 0 Å². The Balaban J connectivity index is 1.47. The van der Waals surface area contributed by atoms with E-state index >= 15 is 0 Å². The van der Waals surface area contributed by atoms with E-state index in [9.17, 15) is 4.79 Å². The fraction of sp³-hybridized carbons (Fsp3) is 0.600. The maximum atomic E-state index is 13.2. The molecule has 140 valence electrons. The summed E-state index contributed by atoms with van der Waals surface area (Å²) in [4.78, 5) is 17.9. The van der Waals surface area contributed by atoms with Gasteiger partial charge in [0.1, 0.15) is 0 Å². The second-order valence-electron chi connectivity index (χ2n) is 7.37. The monoisotopic (exact) mass is 374 g/mol. The smallest absolute Gasteiger partial charge is 0.226 e. The number of nitrogens with one attached hydrogen (secondary N) is 1. The predicted octanol–water partition coefficient (Wildman–Crippen LogP) is 3.32. The molecule has 0 unspecified atom stereocenters. The van der Waals surface area contributed by atoms with Crippen LogP contribution in [0.5, 0.6) is 0 Å². The molecule has 1 amide bonds. The minimum Gasteiger partial charge on any atom is -0.376 e. The van der Waals surface area contributed by atoms with E-state index in [2.05, 4.69) is 11.4 Å². The number of carbonyl (C=O) groups excluding carboxylic acids is 1. The molecule has 1 aromatic heterocycles. The van der Waals surface area contributed by atoms with E-state index < -0.39 is 0 Å². The Hall–Kier alpha value is -1.50. The quantitative estimate of drug-likeness (QED) is 0.872. The topological polar surface area (TPSA) is 60.5 Å². The summed E-state index contributed by atoms with van der Waals surface area (Å²) in [6.45, 7) is 2.34. The number of rotatable bonds is 5. The number of fused-ring (bicyclic) bond motifs is 1. The number of thiazole rings is 1. The van der Waals surface area contributed by atoms with Crippen molar-refractivity contribution in [2.75, 3.05) is 26.4 Å². The Morgan fingerprint density at radius 1 is 1.23 bits per heavy atom. The number of nitrogens with zero attached hydrogens (tertiary/aromatic N) is 1. The first kappa shape index (κ1) is 17.9. The summed E-state index contributed by atoms with van der Waals surface area (Å²) >= 11 is 1.72. The third kappa shape index (κ3) is 3.92. The van der Waals surface area contributed by atoms with E-state index in [0.717, 1.165) is 42.6 Å². The Morgan fingerprint density at radius 2 is 2.08 bits per heavy atom. The van der Waals surface area contributed by atoms with Gasteiger partial charge in [0.25, 0.3) is 0 Å². The third-order valence-corrected chi connectivity index (χ3v) is 6.53. The minimum atomic E-state index is -0.332. The van der Waals surface area contributed by atoms with Crippen LogP contribution in [-0.2, 0) is 20.7 Å². The van der Waals surface area contributed by atoms with Gasteiger partial charge in [-0.3, -0.25) is 4.79 Å². The van der Waals surface area contributed by atoms with Gasteiger partial charge in [-0.25, -0.2) is 4.98 Å². The molecule has 26 heavy (non-hydrogen) atoms. The summed E-state index contributed by atoms with van der Waals surface area (Å²) in [6.07, 6.45) is 6.03. The molecule has 0 bridgehead atoms. The highest BCUT2D eigenvalue weighted by atomic mass is 32.1. The van der Waals surface area contributed by atoms with Crippen LogP contribution in [0.25, 0.3) is 10.2 Å². The molecule has 1 atom stereocenters. The average molecular weight is 375 g/mol. The van der Waals surface area contributed by atoms with Gasteiger partial charge in [0.05, 0.1) is 46.6 Å². The minimum absolute atomic E-state index is 0.0317. The fourth-order valence-corrected chi connectivity index (χ4v) is 5.16. The van der Waals surface area contributed by atoms with Crippen LogP contribution in [0.15, 0.2) is 24.3 Å². The van der Waals surface area contributed by atoms with Gasteiger partial charge >= 0.3 is 0 Å². The fourth-order valence-electron chi connectivity index (χ4n) is 4.05. The van der Waals surface area contributed by atoms with E-state index in [4.69, 9.17) is 14.5 Å². The highest BCUT2D eigenvalue weighted by molar-refractivity contribution is 7.18. The van der Waals surface area contributed by atoms with Gasteiger partial charge in [0.15, 0.2) is 0 Å². The SMILES string of the molecule is O=C(NC[C@H]1COCCO1)C1(Cc2nc3ccccc3s2)CCCCC1. The number of ether oxygens (including phenoxy) is 2. The van der Waals surface area contributed by atoms with Crippen molar-refractivity contribution in [3.8, 4) is 0 Å². The summed E-state index contributed by atoms with van der Waals surface area (Å²) in [5, 5.41) is 4.22. The summed E-state index contributed by atoms with van der Waals surface area (Å²) in [5.41, 5.74) is 0.702. The Kier molecular flexibility index (Phi) is 5.52. The standard InChI is InChI=1S/C20H26N2O3S/c23-19(21-13-15-14-24-10-11-25-15)20(8-4-1-5-9-20)12-18-22-16-6-2-3-7-17(16)26-18/h2-3,6-7,15H,1,4-5,8-14H2,(H,21,23)/t15-/m0/s1. The summed E-state index contributed by atoms with van der Waals surface area (Å²) in [7, 11) is 0. The molecule has 1 aliphatic carbocycles. The molecule has 5 nitrogen and oxygen atoms in total. The molecule has 0 radical (unpaired) electrons. The van der Waals surface area contributed by atoms with E-state index in [1.165, 1.54) is 11.1 Å². The van der Waals surface area contributed by atoms with Gasteiger partial charge in [-0.05, 0) is 25.0 Å². The molecule has 4 rings (SSSR count). The molecule has 2 heterocycles.